The van der Waals surface area contributed by atoms with Crippen LogP contribution in [0.15, 0.2) is 48.5 Å². The number of fused-ring (bicyclic) bond motifs is 2. The van der Waals surface area contributed by atoms with Crippen LogP contribution >= 0.6 is 0 Å². The molecule has 0 aromatic heterocycles. The summed E-state index contributed by atoms with van der Waals surface area (Å²) < 4.78 is 14.4. The summed E-state index contributed by atoms with van der Waals surface area (Å²) in [5.41, 5.74) is 3.17. The van der Waals surface area contributed by atoms with E-state index < -0.39 is 0 Å². The van der Waals surface area contributed by atoms with Crippen molar-refractivity contribution in [1.29, 1.82) is 0 Å². The molecule has 2 bridgehead atoms. The van der Waals surface area contributed by atoms with Gasteiger partial charge >= 0.3 is 0 Å². The number of nitrogens with zero attached hydrogens (tertiary/aromatic N) is 1. The first-order chi connectivity index (χ1) is 12.8. The molecule has 1 heterocycles. The molecule has 2 aromatic carbocycles. The quantitative estimate of drug-likeness (QED) is 0.671. The molecule has 3 aliphatic rings. The lowest BCUT2D eigenvalue weighted by molar-refractivity contribution is 0.111. The second-order valence-corrected chi connectivity index (χ2v) is 8.62. The fourth-order valence-corrected chi connectivity index (χ4v) is 5.98. The smallest absolute Gasteiger partial charge is 0.131 e. The van der Waals surface area contributed by atoms with Gasteiger partial charge in [-0.3, -0.25) is 0 Å². The average molecular weight is 349 g/mol. The van der Waals surface area contributed by atoms with Gasteiger partial charge in [-0.05, 0) is 80.1 Å². The fourth-order valence-electron chi connectivity index (χ4n) is 5.98. The SMILES string of the molecule is Fc1ccccc1-c1ccccc1C1CCN([C@@H]2C[C@H]3CC[C@H]2C3)CC1. The molecule has 1 saturated heterocycles. The summed E-state index contributed by atoms with van der Waals surface area (Å²) in [6, 6.07) is 16.5. The van der Waals surface area contributed by atoms with Crippen LogP contribution in [0.5, 0.6) is 0 Å². The van der Waals surface area contributed by atoms with Crippen molar-refractivity contribution in [3.8, 4) is 11.1 Å². The zero-order valence-corrected chi connectivity index (χ0v) is 15.4. The number of hydrogen-bond donors (Lipinski definition) is 0. The van der Waals surface area contributed by atoms with Crippen molar-refractivity contribution in [2.75, 3.05) is 13.1 Å². The molecule has 0 unspecified atom stereocenters. The van der Waals surface area contributed by atoms with Crippen LogP contribution < -0.4 is 0 Å². The Morgan fingerprint density at radius 1 is 0.769 bits per heavy atom. The van der Waals surface area contributed by atoms with E-state index in [1.54, 1.807) is 12.1 Å². The third-order valence-electron chi connectivity index (χ3n) is 7.26. The monoisotopic (exact) mass is 349 g/mol. The molecule has 3 atom stereocenters. The normalized spacial score (nSPS) is 29.3. The molecular weight excluding hydrogens is 321 g/mol. The topological polar surface area (TPSA) is 3.24 Å². The maximum atomic E-state index is 14.4. The fraction of sp³-hybridized carbons (Fsp3) is 0.500. The summed E-state index contributed by atoms with van der Waals surface area (Å²) in [6.07, 6.45) is 8.29. The van der Waals surface area contributed by atoms with Gasteiger partial charge in [0.2, 0.25) is 0 Å². The Balaban J connectivity index is 1.34. The van der Waals surface area contributed by atoms with Crippen LogP contribution in [0, 0.1) is 17.7 Å². The summed E-state index contributed by atoms with van der Waals surface area (Å²) in [5.74, 6) is 2.44. The van der Waals surface area contributed by atoms with E-state index in [9.17, 15) is 4.39 Å². The Kier molecular flexibility index (Phi) is 4.32. The van der Waals surface area contributed by atoms with Crippen molar-refractivity contribution in [3.63, 3.8) is 0 Å². The summed E-state index contributed by atoms with van der Waals surface area (Å²) in [5, 5.41) is 0. The van der Waals surface area contributed by atoms with E-state index >= 15 is 0 Å². The second-order valence-electron chi connectivity index (χ2n) is 8.62. The van der Waals surface area contributed by atoms with Gasteiger partial charge in [0, 0.05) is 11.6 Å². The molecule has 2 aliphatic carbocycles. The first-order valence-corrected chi connectivity index (χ1v) is 10.4. The minimum absolute atomic E-state index is 0.112. The zero-order valence-electron chi connectivity index (χ0n) is 15.4. The molecule has 0 radical (unpaired) electrons. The van der Waals surface area contributed by atoms with Gasteiger partial charge in [0.05, 0.1) is 0 Å². The van der Waals surface area contributed by atoms with Crippen molar-refractivity contribution in [3.05, 3.63) is 59.9 Å². The van der Waals surface area contributed by atoms with E-state index in [1.807, 2.05) is 18.2 Å². The molecule has 3 fully saturated rings. The Morgan fingerprint density at radius 2 is 1.50 bits per heavy atom. The lowest BCUT2D eigenvalue weighted by Crippen LogP contribution is -2.43. The molecule has 1 nitrogen and oxygen atoms in total. The molecule has 5 rings (SSSR count). The number of benzene rings is 2. The largest absolute Gasteiger partial charge is 0.300 e. The third kappa shape index (κ3) is 2.89. The Labute approximate surface area is 156 Å². The maximum absolute atomic E-state index is 14.4. The highest BCUT2D eigenvalue weighted by Gasteiger charge is 2.42. The summed E-state index contributed by atoms with van der Waals surface area (Å²) in [6.45, 7) is 2.42. The Bertz CT molecular complexity index is 777. The minimum atomic E-state index is -0.112. The number of rotatable bonds is 3. The van der Waals surface area contributed by atoms with Gasteiger partial charge in [0.25, 0.3) is 0 Å². The summed E-state index contributed by atoms with van der Waals surface area (Å²) in [4.78, 5) is 2.78. The van der Waals surface area contributed by atoms with Gasteiger partial charge in [-0.1, -0.05) is 48.9 Å². The van der Waals surface area contributed by atoms with Gasteiger partial charge in [-0.2, -0.15) is 0 Å². The summed E-state index contributed by atoms with van der Waals surface area (Å²) in [7, 11) is 0. The van der Waals surface area contributed by atoms with E-state index in [-0.39, 0.29) is 5.82 Å². The molecule has 136 valence electrons. The highest BCUT2D eigenvalue weighted by atomic mass is 19.1. The molecule has 0 amide bonds. The molecule has 2 aromatic rings. The van der Waals surface area contributed by atoms with Crippen molar-refractivity contribution in [1.82, 2.24) is 4.90 Å². The molecule has 26 heavy (non-hydrogen) atoms. The minimum Gasteiger partial charge on any atom is -0.300 e. The van der Waals surface area contributed by atoms with Crippen LogP contribution in [0.3, 0.4) is 0 Å². The van der Waals surface area contributed by atoms with Crippen LogP contribution in [0.25, 0.3) is 11.1 Å². The summed E-state index contributed by atoms with van der Waals surface area (Å²) >= 11 is 0. The molecule has 0 N–H and O–H groups in total. The predicted octanol–water partition coefficient (Wildman–Crippen LogP) is 5.86. The lowest BCUT2D eigenvalue weighted by Gasteiger charge is -2.40. The van der Waals surface area contributed by atoms with E-state index in [4.69, 9.17) is 0 Å². The van der Waals surface area contributed by atoms with Crippen LogP contribution in [0.4, 0.5) is 4.39 Å². The van der Waals surface area contributed by atoms with Gasteiger partial charge in [-0.15, -0.1) is 0 Å². The predicted molar refractivity (Wildman–Crippen MR) is 105 cm³/mol. The Morgan fingerprint density at radius 3 is 2.19 bits per heavy atom. The van der Waals surface area contributed by atoms with Crippen molar-refractivity contribution in [2.45, 2.75) is 50.5 Å². The maximum Gasteiger partial charge on any atom is 0.131 e. The zero-order chi connectivity index (χ0) is 17.5. The highest BCUT2D eigenvalue weighted by Crippen LogP contribution is 2.48. The third-order valence-corrected chi connectivity index (χ3v) is 7.26. The van der Waals surface area contributed by atoms with Crippen molar-refractivity contribution in [2.24, 2.45) is 11.8 Å². The van der Waals surface area contributed by atoms with E-state index in [0.717, 1.165) is 29.0 Å². The lowest BCUT2D eigenvalue weighted by atomic mass is 9.83. The molecule has 1 aliphatic heterocycles. The number of likely N-dealkylation sites (tertiary alicyclic amines) is 1. The number of halogens is 1. The molecule has 0 spiro atoms. The van der Waals surface area contributed by atoms with E-state index in [1.165, 1.54) is 57.2 Å². The molecule has 2 heteroatoms. The molecular formula is C24H28FN. The van der Waals surface area contributed by atoms with Crippen molar-refractivity contribution < 1.29 is 4.39 Å². The second kappa shape index (κ2) is 6.81. The average Bonchev–Trinajstić information content (AvgIpc) is 3.32. The van der Waals surface area contributed by atoms with Crippen LogP contribution in [-0.4, -0.2) is 24.0 Å². The van der Waals surface area contributed by atoms with Gasteiger partial charge in [0.1, 0.15) is 5.82 Å². The highest BCUT2D eigenvalue weighted by molar-refractivity contribution is 5.68. The van der Waals surface area contributed by atoms with Crippen LogP contribution in [0.1, 0.15) is 50.0 Å². The van der Waals surface area contributed by atoms with E-state index in [0.29, 0.717) is 5.92 Å². The first-order valence-electron chi connectivity index (χ1n) is 10.4. The Hall–Kier alpha value is -1.67. The van der Waals surface area contributed by atoms with Gasteiger partial charge < -0.3 is 4.90 Å². The number of hydrogen-bond acceptors (Lipinski definition) is 1. The van der Waals surface area contributed by atoms with Gasteiger partial charge in [-0.25, -0.2) is 4.39 Å². The standard InChI is InChI=1S/C24H28FN/c25-23-8-4-3-7-22(23)21-6-2-1-5-20(21)18-11-13-26(14-12-18)24-16-17-9-10-19(24)15-17/h1-8,17-19,24H,9-16H2/t17-,19-,24+/m0/s1. The molecule has 2 saturated carbocycles. The van der Waals surface area contributed by atoms with Gasteiger partial charge in [0.15, 0.2) is 0 Å². The number of piperidine rings is 1. The van der Waals surface area contributed by atoms with Crippen LogP contribution in [-0.2, 0) is 0 Å². The first kappa shape index (κ1) is 16.5. The van der Waals surface area contributed by atoms with E-state index in [2.05, 4.69) is 23.1 Å². The van der Waals surface area contributed by atoms with Crippen molar-refractivity contribution >= 4 is 0 Å². The van der Waals surface area contributed by atoms with Crippen LogP contribution in [0.2, 0.25) is 0 Å².